The molecule has 1 atom stereocenters. The first-order valence-electron chi connectivity index (χ1n) is 5.96. The van der Waals surface area contributed by atoms with Gasteiger partial charge in [-0.3, -0.25) is 0 Å². The minimum Gasteiger partial charge on any atom is -0.467 e. The maximum Gasteiger partial charge on any atom is 0.134 e. The molecule has 1 N–H and O–H groups in total. The number of halogens is 3. The van der Waals surface area contributed by atoms with Crippen LogP contribution < -0.4 is 5.32 Å². The second kappa shape index (κ2) is 5.48. The molecule has 2 nitrogen and oxygen atoms in total. The van der Waals surface area contributed by atoms with Gasteiger partial charge < -0.3 is 9.73 Å². The summed E-state index contributed by atoms with van der Waals surface area (Å²) in [5, 5.41) is 2.95. The predicted octanol–water partition coefficient (Wildman–Crippen LogP) is 3.70. The fourth-order valence-electron chi connectivity index (χ4n) is 2.04. The molecule has 0 radical (unpaired) electrons. The van der Waals surface area contributed by atoms with Gasteiger partial charge in [0, 0.05) is 17.7 Å². The Bertz CT molecular complexity index is 557. The summed E-state index contributed by atoms with van der Waals surface area (Å²) < 4.78 is 45.9. The summed E-state index contributed by atoms with van der Waals surface area (Å²) in [6, 6.07) is 2.27. The van der Waals surface area contributed by atoms with Crippen molar-refractivity contribution in [3.05, 3.63) is 58.8 Å². The first kappa shape index (κ1) is 13.7. The van der Waals surface area contributed by atoms with Gasteiger partial charge in [0.15, 0.2) is 0 Å². The van der Waals surface area contributed by atoms with E-state index in [1.807, 2.05) is 6.92 Å². The summed E-state index contributed by atoms with van der Waals surface area (Å²) in [5.41, 5.74) is 0.537. The predicted molar refractivity (Wildman–Crippen MR) is 65.3 cm³/mol. The van der Waals surface area contributed by atoms with Crippen molar-refractivity contribution in [2.45, 2.75) is 19.9 Å². The molecule has 1 unspecified atom stereocenters. The molecule has 1 aromatic heterocycles. The zero-order chi connectivity index (χ0) is 14.0. The van der Waals surface area contributed by atoms with E-state index in [0.717, 1.165) is 5.56 Å². The number of aryl methyl sites for hydroxylation is 1. The van der Waals surface area contributed by atoms with Gasteiger partial charge in [-0.1, -0.05) is 6.92 Å². The Hall–Kier alpha value is -1.75. The SMILES string of the molecule is CCNC(c1occc1C)c1c(F)cc(F)cc1F. The maximum absolute atomic E-state index is 13.8. The van der Waals surface area contributed by atoms with Gasteiger partial charge in [-0.15, -0.1) is 0 Å². The molecule has 0 saturated carbocycles. The lowest BCUT2D eigenvalue weighted by Gasteiger charge is -2.18. The van der Waals surface area contributed by atoms with Crippen molar-refractivity contribution in [2.24, 2.45) is 0 Å². The van der Waals surface area contributed by atoms with Crippen molar-refractivity contribution in [2.75, 3.05) is 6.54 Å². The first-order chi connectivity index (χ1) is 9.04. The van der Waals surface area contributed by atoms with E-state index in [0.29, 0.717) is 24.4 Å². The van der Waals surface area contributed by atoms with Crippen molar-refractivity contribution in [3.8, 4) is 0 Å². The van der Waals surface area contributed by atoms with Gasteiger partial charge in [0.1, 0.15) is 23.2 Å². The lowest BCUT2D eigenvalue weighted by atomic mass is 10.0. The van der Waals surface area contributed by atoms with Gasteiger partial charge in [-0.2, -0.15) is 0 Å². The molecule has 0 aliphatic heterocycles. The minimum atomic E-state index is -0.940. The van der Waals surface area contributed by atoms with Gasteiger partial charge in [-0.05, 0) is 25.1 Å². The number of rotatable bonds is 4. The van der Waals surface area contributed by atoms with Gasteiger partial charge in [-0.25, -0.2) is 13.2 Å². The molecule has 2 aromatic rings. The van der Waals surface area contributed by atoms with Crippen molar-refractivity contribution < 1.29 is 17.6 Å². The summed E-state index contributed by atoms with van der Waals surface area (Å²) in [7, 11) is 0. The van der Waals surface area contributed by atoms with Gasteiger partial charge in [0.05, 0.1) is 12.3 Å². The quantitative estimate of drug-likeness (QED) is 0.915. The molecule has 2 rings (SSSR count). The van der Waals surface area contributed by atoms with E-state index in [-0.39, 0.29) is 5.56 Å². The van der Waals surface area contributed by atoms with Crippen LogP contribution in [0.4, 0.5) is 13.2 Å². The molecular weight excluding hydrogens is 255 g/mol. The molecule has 0 aliphatic carbocycles. The number of hydrogen-bond donors (Lipinski definition) is 1. The Kier molecular flexibility index (Phi) is 3.95. The van der Waals surface area contributed by atoms with Crippen LogP contribution in [0.3, 0.4) is 0 Å². The molecule has 1 heterocycles. The lowest BCUT2D eigenvalue weighted by molar-refractivity contribution is 0.421. The number of hydrogen-bond acceptors (Lipinski definition) is 2. The smallest absolute Gasteiger partial charge is 0.134 e. The Morgan fingerprint density at radius 3 is 2.32 bits per heavy atom. The van der Waals surface area contributed by atoms with Crippen molar-refractivity contribution in [1.29, 1.82) is 0 Å². The van der Waals surface area contributed by atoms with Gasteiger partial charge in [0.2, 0.25) is 0 Å². The second-order valence-corrected chi connectivity index (χ2v) is 4.24. The average molecular weight is 269 g/mol. The molecule has 0 aliphatic rings. The first-order valence-corrected chi connectivity index (χ1v) is 5.96. The topological polar surface area (TPSA) is 25.2 Å². The largest absolute Gasteiger partial charge is 0.467 e. The van der Waals surface area contributed by atoms with E-state index in [1.165, 1.54) is 6.26 Å². The molecule has 0 bridgehead atoms. The van der Waals surface area contributed by atoms with E-state index < -0.39 is 23.5 Å². The summed E-state index contributed by atoms with van der Waals surface area (Å²) in [6.45, 7) is 4.08. The minimum absolute atomic E-state index is 0.235. The van der Waals surface area contributed by atoms with Crippen LogP contribution in [0.15, 0.2) is 28.9 Å². The molecule has 102 valence electrons. The average Bonchev–Trinajstić information content (AvgIpc) is 2.73. The zero-order valence-electron chi connectivity index (χ0n) is 10.6. The highest BCUT2D eigenvalue weighted by molar-refractivity contribution is 5.33. The third kappa shape index (κ3) is 2.66. The highest BCUT2D eigenvalue weighted by Gasteiger charge is 2.25. The van der Waals surface area contributed by atoms with E-state index in [1.54, 1.807) is 13.0 Å². The van der Waals surface area contributed by atoms with Crippen LogP contribution in [-0.2, 0) is 0 Å². The van der Waals surface area contributed by atoms with Crippen LogP contribution in [0.1, 0.15) is 29.9 Å². The second-order valence-electron chi connectivity index (χ2n) is 4.24. The van der Waals surface area contributed by atoms with Crippen LogP contribution in [0.5, 0.6) is 0 Å². The highest BCUT2D eigenvalue weighted by Crippen LogP contribution is 2.30. The molecule has 0 spiro atoms. The molecule has 1 aromatic carbocycles. The fourth-order valence-corrected chi connectivity index (χ4v) is 2.04. The van der Waals surface area contributed by atoms with E-state index in [9.17, 15) is 13.2 Å². The Morgan fingerprint density at radius 2 is 1.84 bits per heavy atom. The lowest BCUT2D eigenvalue weighted by Crippen LogP contribution is -2.24. The van der Waals surface area contributed by atoms with Crippen molar-refractivity contribution in [3.63, 3.8) is 0 Å². The van der Waals surface area contributed by atoms with Gasteiger partial charge in [0.25, 0.3) is 0 Å². The third-order valence-corrected chi connectivity index (χ3v) is 2.90. The number of benzene rings is 1. The standard InChI is InChI=1S/C14H14F3NO/c1-3-18-13(14-8(2)4-5-19-14)12-10(16)6-9(15)7-11(12)17/h4-7,13,18H,3H2,1-2H3. The Labute approximate surface area is 109 Å². The molecule has 0 fully saturated rings. The Morgan fingerprint density at radius 1 is 1.21 bits per heavy atom. The summed E-state index contributed by atoms with van der Waals surface area (Å²) in [5.74, 6) is -2.38. The monoisotopic (exact) mass is 269 g/mol. The molecule has 5 heteroatoms. The third-order valence-electron chi connectivity index (χ3n) is 2.90. The molecular formula is C14H14F3NO. The summed E-state index contributed by atoms with van der Waals surface area (Å²) in [4.78, 5) is 0. The van der Waals surface area contributed by atoms with Crippen molar-refractivity contribution >= 4 is 0 Å². The van der Waals surface area contributed by atoms with Gasteiger partial charge >= 0.3 is 0 Å². The van der Waals surface area contributed by atoms with Crippen LogP contribution in [0.2, 0.25) is 0 Å². The van der Waals surface area contributed by atoms with Crippen LogP contribution in [-0.4, -0.2) is 6.54 Å². The normalized spacial score (nSPS) is 12.7. The molecule has 19 heavy (non-hydrogen) atoms. The van der Waals surface area contributed by atoms with Crippen LogP contribution >= 0.6 is 0 Å². The molecule has 0 amide bonds. The van der Waals surface area contributed by atoms with E-state index in [4.69, 9.17) is 4.42 Å². The summed E-state index contributed by atoms with van der Waals surface area (Å²) >= 11 is 0. The maximum atomic E-state index is 13.8. The number of furan rings is 1. The fraction of sp³-hybridized carbons (Fsp3) is 0.286. The van der Waals surface area contributed by atoms with E-state index >= 15 is 0 Å². The zero-order valence-corrected chi connectivity index (χ0v) is 10.6. The highest BCUT2D eigenvalue weighted by atomic mass is 19.1. The summed E-state index contributed by atoms with van der Waals surface area (Å²) in [6.07, 6.45) is 1.45. The molecule has 0 saturated heterocycles. The van der Waals surface area contributed by atoms with Crippen LogP contribution in [0, 0.1) is 24.4 Å². The number of nitrogens with one attached hydrogen (secondary N) is 1. The van der Waals surface area contributed by atoms with Crippen molar-refractivity contribution in [1.82, 2.24) is 5.32 Å². The Balaban J connectivity index is 2.54. The van der Waals surface area contributed by atoms with Crippen LogP contribution in [0.25, 0.3) is 0 Å². The van der Waals surface area contributed by atoms with E-state index in [2.05, 4.69) is 5.32 Å².